The van der Waals surface area contributed by atoms with Crippen molar-refractivity contribution >= 4 is 23.2 Å². The molecule has 0 aliphatic rings. The highest BCUT2D eigenvalue weighted by molar-refractivity contribution is 6.33. The predicted octanol–water partition coefficient (Wildman–Crippen LogP) is 2.23. The van der Waals surface area contributed by atoms with Crippen molar-refractivity contribution in [1.29, 1.82) is 0 Å². The zero-order chi connectivity index (χ0) is 15.4. The van der Waals surface area contributed by atoms with Gasteiger partial charge < -0.3 is 11.1 Å². The molecule has 0 bridgehead atoms. The summed E-state index contributed by atoms with van der Waals surface area (Å²) in [4.78, 5) is 16.0. The molecule has 3 N–H and O–H groups in total. The summed E-state index contributed by atoms with van der Waals surface area (Å²) < 4.78 is 1.51. The van der Waals surface area contributed by atoms with Gasteiger partial charge in [-0.2, -0.15) is 5.10 Å². The maximum absolute atomic E-state index is 12.2. The molecule has 21 heavy (non-hydrogen) atoms. The van der Waals surface area contributed by atoms with Crippen LogP contribution in [0.3, 0.4) is 0 Å². The van der Waals surface area contributed by atoms with E-state index in [-0.39, 0.29) is 5.91 Å². The lowest BCUT2D eigenvalue weighted by Gasteiger charge is -2.16. The molecule has 0 fully saturated rings. The lowest BCUT2D eigenvalue weighted by atomic mass is 10.0. The Balaban J connectivity index is 2.25. The minimum atomic E-state index is -0.562. The smallest absolute Gasteiger partial charge is 0.241 e. The second-order valence-corrected chi connectivity index (χ2v) is 5.61. The highest BCUT2D eigenvalue weighted by atomic mass is 35.5. The Kier molecular flexibility index (Phi) is 4.93. The first-order valence-corrected chi connectivity index (χ1v) is 7.06. The van der Waals surface area contributed by atoms with Crippen LogP contribution in [0.2, 0.25) is 5.02 Å². The van der Waals surface area contributed by atoms with E-state index < -0.39 is 6.04 Å². The first-order valence-electron chi connectivity index (χ1n) is 6.69. The normalized spacial score (nSPS) is 12.4. The predicted molar refractivity (Wildman–Crippen MR) is 82.4 cm³/mol. The van der Waals surface area contributed by atoms with Crippen LogP contribution in [0.1, 0.15) is 20.3 Å². The maximum atomic E-state index is 12.2. The summed E-state index contributed by atoms with van der Waals surface area (Å²) in [6.45, 7) is 4.04. The Bertz CT molecular complexity index is 612. The number of hydrogen-bond donors (Lipinski definition) is 2. The van der Waals surface area contributed by atoms with Crippen LogP contribution in [-0.2, 0) is 4.79 Å². The Labute approximate surface area is 128 Å². The fourth-order valence-electron chi connectivity index (χ4n) is 2.01. The van der Waals surface area contributed by atoms with Crippen LogP contribution in [0.5, 0.6) is 0 Å². The fraction of sp³-hybridized carbons (Fsp3) is 0.357. The third-order valence-electron chi connectivity index (χ3n) is 2.95. The number of anilines is 1. The van der Waals surface area contributed by atoms with Crippen LogP contribution < -0.4 is 11.1 Å². The van der Waals surface area contributed by atoms with Gasteiger partial charge in [0.25, 0.3) is 0 Å². The van der Waals surface area contributed by atoms with E-state index in [1.807, 2.05) is 13.8 Å². The highest BCUT2D eigenvalue weighted by Gasteiger charge is 2.18. The molecule has 0 saturated heterocycles. The number of nitrogens with two attached hydrogens (primary N) is 1. The van der Waals surface area contributed by atoms with Crippen molar-refractivity contribution in [2.24, 2.45) is 11.7 Å². The highest BCUT2D eigenvalue weighted by Crippen LogP contribution is 2.27. The molecule has 1 amide bonds. The number of nitrogens with one attached hydrogen (secondary N) is 1. The lowest BCUT2D eigenvalue weighted by Crippen LogP contribution is -2.36. The second-order valence-electron chi connectivity index (χ2n) is 5.20. The first-order chi connectivity index (χ1) is 9.99. The van der Waals surface area contributed by atoms with Crippen molar-refractivity contribution in [2.45, 2.75) is 26.3 Å². The fourth-order valence-corrected chi connectivity index (χ4v) is 2.27. The van der Waals surface area contributed by atoms with E-state index in [1.54, 1.807) is 18.2 Å². The topological polar surface area (TPSA) is 85.8 Å². The standard InChI is InChI=1S/C14H18ClN5O/c1-9(2)6-11(16)14(21)19-12-5-3-4-10(15)13(12)20-8-17-7-18-20/h3-5,7-9,11H,6,16H2,1-2H3,(H,19,21). The Morgan fingerprint density at radius 3 is 2.86 bits per heavy atom. The zero-order valence-electron chi connectivity index (χ0n) is 12.0. The number of carbonyl (C=O) groups excluding carboxylic acids is 1. The molecular formula is C14H18ClN5O. The second kappa shape index (κ2) is 6.69. The van der Waals surface area contributed by atoms with E-state index in [9.17, 15) is 4.79 Å². The van der Waals surface area contributed by atoms with Gasteiger partial charge in [-0.05, 0) is 24.5 Å². The number of nitrogens with zero attached hydrogens (tertiary/aromatic N) is 3. The average Bonchev–Trinajstić information content (AvgIpc) is 2.91. The SMILES string of the molecule is CC(C)CC(N)C(=O)Nc1cccc(Cl)c1-n1cncn1. The monoisotopic (exact) mass is 307 g/mol. The molecule has 1 aromatic heterocycles. The van der Waals surface area contributed by atoms with Crippen molar-refractivity contribution in [3.05, 3.63) is 35.9 Å². The lowest BCUT2D eigenvalue weighted by molar-refractivity contribution is -0.117. The summed E-state index contributed by atoms with van der Waals surface area (Å²) in [5, 5.41) is 7.32. The van der Waals surface area contributed by atoms with Gasteiger partial charge >= 0.3 is 0 Å². The third kappa shape index (κ3) is 3.80. The van der Waals surface area contributed by atoms with Crippen LogP contribution >= 0.6 is 11.6 Å². The summed E-state index contributed by atoms with van der Waals surface area (Å²) in [5.74, 6) is 0.104. The van der Waals surface area contributed by atoms with Gasteiger partial charge in [-0.15, -0.1) is 0 Å². The molecule has 6 nitrogen and oxygen atoms in total. The van der Waals surface area contributed by atoms with Crippen molar-refractivity contribution in [2.75, 3.05) is 5.32 Å². The first kappa shape index (κ1) is 15.5. The van der Waals surface area contributed by atoms with Crippen LogP contribution in [0.25, 0.3) is 5.69 Å². The van der Waals surface area contributed by atoms with Crippen molar-refractivity contribution < 1.29 is 4.79 Å². The molecule has 7 heteroatoms. The number of carbonyl (C=O) groups is 1. The Hall–Kier alpha value is -1.92. The van der Waals surface area contributed by atoms with Crippen LogP contribution in [0.15, 0.2) is 30.9 Å². The van der Waals surface area contributed by atoms with Crippen LogP contribution in [-0.4, -0.2) is 26.7 Å². The number of rotatable bonds is 5. The third-order valence-corrected chi connectivity index (χ3v) is 3.26. The molecular weight excluding hydrogens is 290 g/mol. The molecule has 1 atom stereocenters. The van der Waals surface area contributed by atoms with Crippen LogP contribution in [0, 0.1) is 5.92 Å². The average molecular weight is 308 g/mol. The summed E-state index contributed by atoms with van der Waals surface area (Å²) in [6.07, 6.45) is 3.54. The number of aromatic nitrogens is 3. The maximum Gasteiger partial charge on any atom is 0.241 e. The van der Waals surface area contributed by atoms with Crippen molar-refractivity contribution in [3.63, 3.8) is 0 Å². The number of halogens is 1. The molecule has 0 aliphatic heterocycles. The molecule has 1 heterocycles. The van der Waals surface area contributed by atoms with Gasteiger partial charge in [-0.25, -0.2) is 9.67 Å². The number of benzene rings is 1. The minimum Gasteiger partial charge on any atom is -0.323 e. The Morgan fingerprint density at radius 2 is 2.24 bits per heavy atom. The van der Waals surface area contributed by atoms with Gasteiger partial charge in [0.05, 0.1) is 16.8 Å². The van der Waals surface area contributed by atoms with Crippen LogP contribution in [0.4, 0.5) is 5.69 Å². The molecule has 0 radical (unpaired) electrons. The zero-order valence-corrected chi connectivity index (χ0v) is 12.7. The molecule has 1 aromatic carbocycles. The molecule has 0 aliphatic carbocycles. The van der Waals surface area contributed by atoms with E-state index in [1.165, 1.54) is 17.3 Å². The number of para-hydroxylation sites is 1. The number of hydrogen-bond acceptors (Lipinski definition) is 4. The van der Waals surface area contributed by atoms with E-state index in [0.717, 1.165) is 0 Å². The molecule has 112 valence electrons. The van der Waals surface area contributed by atoms with E-state index >= 15 is 0 Å². The van der Waals surface area contributed by atoms with Gasteiger partial charge in [0, 0.05) is 0 Å². The van der Waals surface area contributed by atoms with Gasteiger partial charge in [-0.1, -0.05) is 31.5 Å². The van der Waals surface area contributed by atoms with Gasteiger partial charge in [0.2, 0.25) is 5.91 Å². The summed E-state index contributed by atoms with van der Waals surface area (Å²) in [6, 6.07) is 4.67. The summed E-state index contributed by atoms with van der Waals surface area (Å²) in [7, 11) is 0. The summed E-state index contributed by atoms with van der Waals surface area (Å²) >= 11 is 6.20. The number of amides is 1. The van der Waals surface area contributed by atoms with Crippen molar-refractivity contribution in [3.8, 4) is 5.69 Å². The van der Waals surface area contributed by atoms with E-state index in [0.29, 0.717) is 28.7 Å². The molecule has 2 aromatic rings. The molecule has 0 spiro atoms. The van der Waals surface area contributed by atoms with Gasteiger partial charge in [-0.3, -0.25) is 4.79 Å². The van der Waals surface area contributed by atoms with Crippen molar-refractivity contribution in [1.82, 2.24) is 14.8 Å². The van der Waals surface area contributed by atoms with E-state index in [4.69, 9.17) is 17.3 Å². The Morgan fingerprint density at radius 1 is 1.48 bits per heavy atom. The molecule has 1 unspecified atom stereocenters. The largest absolute Gasteiger partial charge is 0.323 e. The summed E-state index contributed by atoms with van der Waals surface area (Å²) in [5.41, 5.74) is 7.02. The van der Waals surface area contributed by atoms with Gasteiger partial charge in [0.15, 0.2) is 0 Å². The molecule has 0 saturated carbocycles. The molecule has 2 rings (SSSR count). The van der Waals surface area contributed by atoms with E-state index in [2.05, 4.69) is 15.4 Å². The van der Waals surface area contributed by atoms with Gasteiger partial charge in [0.1, 0.15) is 18.3 Å². The quantitative estimate of drug-likeness (QED) is 0.887. The minimum absolute atomic E-state index is 0.243.